The Hall–Kier alpha value is -5.02. The van der Waals surface area contributed by atoms with Crippen LogP contribution in [-0.2, 0) is 30.0 Å². The van der Waals surface area contributed by atoms with Crippen LogP contribution in [-0.4, -0.2) is 62.3 Å². The maximum atomic E-state index is 15.2. The lowest BCUT2D eigenvalue weighted by atomic mass is 10.00. The van der Waals surface area contributed by atoms with E-state index in [-0.39, 0.29) is 30.6 Å². The van der Waals surface area contributed by atoms with Gasteiger partial charge in [0.1, 0.15) is 34.9 Å². The van der Waals surface area contributed by atoms with E-state index < -0.39 is 58.6 Å². The van der Waals surface area contributed by atoms with Gasteiger partial charge < -0.3 is 23.9 Å². The number of amides is 1. The van der Waals surface area contributed by atoms with Crippen LogP contribution in [0.3, 0.4) is 0 Å². The first-order chi connectivity index (χ1) is 22.1. The van der Waals surface area contributed by atoms with Gasteiger partial charge in [0.2, 0.25) is 0 Å². The fourth-order valence-corrected chi connectivity index (χ4v) is 5.98. The van der Waals surface area contributed by atoms with Crippen LogP contribution in [0.1, 0.15) is 41.0 Å². The Balaban J connectivity index is 1.46. The fraction of sp³-hybridized carbons (Fsp3) is 0.387. The highest BCUT2D eigenvalue weighted by molar-refractivity contribution is 5.97. The van der Waals surface area contributed by atoms with Gasteiger partial charge in [-0.05, 0) is 50.5 Å². The highest BCUT2D eigenvalue weighted by Gasteiger charge is 2.45. The Morgan fingerprint density at radius 3 is 2.40 bits per heavy atom. The molecule has 47 heavy (non-hydrogen) atoms. The summed E-state index contributed by atoms with van der Waals surface area (Å²) in [6, 6.07) is 1.08. The van der Waals surface area contributed by atoms with Crippen LogP contribution in [0.25, 0.3) is 16.8 Å². The molecule has 1 aliphatic heterocycles. The van der Waals surface area contributed by atoms with Crippen LogP contribution in [0.2, 0.25) is 0 Å². The first kappa shape index (κ1) is 33.3. The van der Waals surface area contributed by atoms with E-state index in [0.29, 0.717) is 47.6 Å². The number of benzene rings is 1. The van der Waals surface area contributed by atoms with Crippen molar-refractivity contribution in [2.24, 2.45) is 14.1 Å². The summed E-state index contributed by atoms with van der Waals surface area (Å²) in [5.74, 6) is -5.07. The lowest BCUT2D eigenvalue weighted by Gasteiger charge is -2.38. The van der Waals surface area contributed by atoms with Gasteiger partial charge in [-0.3, -0.25) is 14.2 Å². The van der Waals surface area contributed by atoms with Crippen LogP contribution in [0.5, 0.6) is 0 Å². The van der Waals surface area contributed by atoms with E-state index in [0.717, 1.165) is 16.6 Å². The van der Waals surface area contributed by atoms with Gasteiger partial charge >= 0.3 is 17.8 Å². The molecule has 0 spiro atoms. The van der Waals surface area contributed by atoms with E-state index in [1.807, 2.05) is 0 Å². The molecule has 4 aromatic rings. The van der Waals surface area contributed by atoms with Crippen molar-refractivity contribution >= 4 is 23.2 Å². The van der Waals surface area contributed by atoms with Crippen LogP contribution < -0.4 is 21.5 Å². The Kier molecular flexibility index (Phi) is 8.97. The second kappa shape index (κ2) is 12.6. The number of ether oxygens (including phenoxy) is 1. The predicted molar refractivity (Wildman–Crippen MR) is 160 cm³/mol. The van der Waals surface area contributed by atoms with Gasteiger partial charge in [-0.2, -0.15) is 13.2 Å². The van der Waals surface area contributed by atoms with Crippen molar-refractivity contribution in [3.05, 3.63) is 86.1 Å². The molecule has 0 saturated carbocycles. The number of alkyl halides is 3. The highest BCUT2D eigenvalue weighted by Crippen LogP contribution is 2.36. The summed E-state index contributed by atoms with van der Waals surface area (Å²) in [5.41, 5.74) is -0.820. The first-order valence-electron chi connectivity index (χ1n) is 14.6. The van der Waals surface area contributed by atoms with Gasteiger partial charge in [-0.1, -0.05) is 0 Å². The molecule has 0 unspecified atom stereocenters. The van der Waals surface area contributed by atoms with Crippen molar-refractivity contribution < 1.29 is 36.3 Å². The lowest BCUT2D eigenvalue weighted by Crippen LogP contribution is -2.49. The molecule has 0 aliphatic carbocycles. The SMILES string of the molecule is COC(=O)[C@H](Cc1ccc(-c2c(C)n(C)c(=O)n(C)c2=O)c2nccn12)NC(=O)c1c(F)cc(N2CCCC[C@@H]2C(F)(F)F)cc1F. The number of carbonyl (C=O) groups excluding carboxylic acids is 2. The second-order valence-electron chi connectivity index (χ2n) is 11.3. The molecule has 1 N–H and O–H groups in total. The van der Waals surface area contributed by atoms with E-state index in [4.69, 9.17) is 4.74 Å². The molecular formula is C31H31F5N6O5. The number of hydrogen-bond acceptors (Lipinski definition) is 7. The lowest BCUT2D eigenvalue weighted by molar-refractivity contribution is -0.152. The fourth-order valence-electron chi connectivity index (χ4n) is 5.98. The maximum Gasteiger partial charge on any atom is 0.408 e. The number of fused-ring (bicyclic) bond motifs is 1. The Bertz CT molecular complexity index is 1980. The molecule has 0 radical (unpaired) electrons. The number of nitrogens with one attached hydrogen (secondary N) is 1. The minimum atomic E-state index is -4.62. The number of halogens is 5. The average Bonchev–Trinajstić information content (AvgIpc) is 3.53. The number of carbonyl (C=O) groups is 2. The largest absolute Gasteiger partial charge is 0.467 e. The molecule has 0 bridgehead atoms. The molecular weight excluding hydrogens is 631 g/mol. The zero-order valence-electron chi connectivity index (χ0n) is 25.8. The maximum absolute atomic E-state index is 15.2. The number of piperidine rings is 1. The summed E-state index contributed by atoms with van der Waals surface area (Å²) >= 11 is 0. The standard InChI is InChI=1S/C31H31F5N6O5/c1-16-24(28(44)40(3)30(46)39(16)2)19-9-8-17(42-12-10-37-26(19)42)15-22(29(45)47-4)38-27(43)25-20(32)13-18(14-21(25)33)41-11-6-5-7-23(41)31(34,35)36/h8-10,12-14,22-23H,5-7,11,15H2,1-4H3,(H,38,43)/t22-,23+/m0/s1. The summed E-state index contributed by atoms with van der Waals surface area (Å²) in [6.45, 7) is 1.54. The van der Waals surface area contributed by atoms with Gasteiger partial charge in [0.15, 0.2) is 0 Å². The van der Waals surface area contributed by atoms with E-state index in [1.54, 1.807) is 29.7 Å². The molecule has 1 fully saturated rings. The van der Waals surface area contributed by atoms with Crippen molar-refractivity contribution in [2.75, 3.05) is 18.6 Å². The molecule has 11 nitrogen and oxygen atoms in total. The number of nitrogens with zero attached hydrogens (tertiary/aromatic N) is 5. The number of pyridine rings is 1. The minimum absolute atomic E-state index is 0.0724. The van der Waals surface area contributed by atoms with E-state index in [9.17, 15) is 32.3 Å². The van der Waals surface area contributed by atoms with Crippen LogP contribution in [0, 0.1) is 18.6 Å². The zero-order chi connectivity index (χ0) is 34.4. The number of imidazole rings is 1. The second-order valence-corrected chi connectivity index (χ2v) is 11.3. The molecule has 250 valence electrons. The summed E-state index contributed by atoms with van der Waals surface area (Å²) in [5, 5.41) is 2.28. The van der Waals surface area contributed by atoms with Crippen molar-refractivity contribution in [3.8, 4) is 11.1 Å². The minimum Gasteiger partial charge on any atom is -0.467 e. The molecule has 1 amide bonds. The van der Waals surface area contributed by atoms with Crippen molar-refractivity contribution in [3.63, 3.8) is 0 Å². The molecule has 3 aromatic heterocycles. The van der Waals surface area contributed by atoms with Crippen molar-refractivity contribution in [2.45, 2.75) is 50.9 Å². The summed E-state index contributed by atoms with van der Waals surface area (Å²) in [6.07, 6.45) is -1.43. The predicted octanol–water partition coefficient (Wildman–Crippen LogP) is 3.42. The quantitative estimate of drug-likeness (QED) is 0.238. The van der Waals surface area contributed by atoms with E-state index in [2.05, 4.69) is 10.3 Å². The third-order valence-corrected chi connectivity index (χ3v) is 8.53. The number of aromatic nitrogens is 4. The van der Waals surface area contributed by atoms with Crippen LogP contribution in [0.4, 0.5) is 27.6 Å². The van der Waals surface area contributed by atoms with E-state index >= 15 is 8.78 Å². The normalized spacial score (nSPS) is 15.9. The van der Waals surface area contributed by atoms with Gasteiger partial charge in [0.25, 0.3) is 11.5 Å². The molecule has 5 rings (SSSR count). The smallest absolute Gasteiger partial charge is 0.408 e. The monoisotopic (exact) mass is 662 g/mol. The molecule has 4 heterocycles. The van der Waals surface area contributed by atoms with Gasteiger partial charge in [0.05, 0.1) is 12.7 Å². The third-order valence-electron chi connectivity index (χ3n) is 8.53. The Morgan fingerprint density at radius 2 is 1.77 bits per heavy atom. The summed E-state index contributed by atoms with van der Waals surface area (Å²) in [7, 11) is 3.93. The first-order valence-corrected chi connectivity index (χ1v) is 14.6. The van der Waals surface area contributed by atoms with Crippen molar-refractivity contribution in [1.29, 1.82) is 0 Å². The Morgan fingerprint density at radius 1 is 1.09 bits per heavy atom. The number of anilines is 1. The third kappa shape index (κ3) is 6.11. The van der Waals surface area contributed by atoms with E-state index in [1.165, 1.54) is 24.9 Å². The topological polar surface area (TPSA) is 120 Å². The number of esters is 1. The zero-order valence-corrected chi connectivity index (χ0v) is 25.8. The van der Waals surface area contributed by atoms with Gasteiger partial charge in [0, 0.05) is 62.1 Å². The Labute approximate surface area is 264 Å². The molecule has 1 aliphatic rings. The summed E-state index contributed by atoms with van der Waals surface area (Å²) < 4.78 is 80.0. The van der Waals surface area contributed by atoms with Crippen LogP contribution in [0.15, 0.2) is 46.2 Å². The van der Waals surface area contributed by atoms with Gasteiger partial charge in [-0.15, -0.1) is 0 Å². The molecule has 2 atom stereocenters. The number of rotatable bonds is 7. The summed E-state index contributed by atoms with van der Waals surface area (Å²) in [4.78, 5) is 56.6. The number of methoxy groups -OCH3 is 1. The van der Waals surface area contributed by atoms with Crippen LogP contribution >= 0.6 is 0 Å². The number of hydrogen-bond donors (Lipinski definition) is 1. The van der Waals surface area contributed by atoms with Gasteiger partial charge in [-0.25, -0.2) is 23.4 Å². The molecule has 1 saturated heterocycles. The van der Waals surface area contributed by atoms with Crippen molar-refractivity contribution in [1.82, 2.24) is 23.8 Å². The molecule has 1 aromatic carbocycles. The highest BCUT2D eigenvalue weighted by atomic mass is 19.4. The molecule has 16 heteroatoms. The average molecular weight is 663 g/mol.